The molecule has 1 aromatic rings. The number of amides is 1. The van der Waals surface area contributed by atoms with Crippen LogP contribution in [0.3, 0.4) is 0 Å². The second-order valence-corrected chi connectivity index (χ2v) is 6.47. The maximum Gasteiger partial charge on any atom is 0.227 e. The van der Waals surface area contributed by atoms with Gasteiger partial charge in [0.15, 0.2) is 0 Å². The van der Waals surface area contributed by atoms with Gasteiger partial charge in [0.1, 0.15) is 5.76 Å². The third kappa shape index (κ3) is 2.71. The molecule has 2 atom stereocenters. The van der Waals surface area contributed by atoms with Gasteiger partial charge in [0.25, 0.3) is 0 Å². The van der Waals surface area contributed by atoms with Crippen LogP contribution >= 0.6 is 0 Å². The van der Waals surface area contributed by atoms with E-state index in [1.807, 2.05) is 13.8 Å². The molecule has 0 saturated carbocycles. The molecule has 2 aliphatic rings. The molecule has 1 amide bonds. The lowest BCUT2D eigenvalue weighted by Gasteiger charge is -2.33. The number of aryl methyl sites for hydroxylation is 2. The lowest BCUT2D eigenvalue weighted by atomic mass is 10.0. The normalized spacial score (nSPS) is 26.7. The van der Waals surface area contributed by atoms with E-state index in [0.717, 1.165) is 42.9 Å². The van der Waals surface area contributed by atoms with Crippen LogP contribution in [0.5, 0.6) is 0 Å². The Hall–Kier alpha value is -1.36. The second-order valence-electron chi connectivity index (χ2n) is 6.47. The molecule has 0 N–H and O–H groups in total. The van der Waals surface area contributed by atoms with Crippen molar-refractivity contribution in [3.63, 3.8) is 0 Å². The number of carbonyl (C=O) groups is 1. The Morgan fingerprint density at radius 2 is 1.95 bits per heavy atom. The molecule has 2 saturated heterocycles. The number of hydrogen-bond acceptors (Lipinski definition) is 4. The van der Waals surface area contributed by atoms with Gasteiger partial charge in [-0.2, -0.15) is 0 Å². The highest BCUT2D eigenvalue weighted by Gasteiger charge is 2.38. The van der Waals surface area contributed by atoms with E-state index in [1.165, 1.54) is 12.8 Å². The van der Waals surface area contributed by atoms with Crippen molar-refractivity contribution in [2.75, 3.05) is 20.1 Å². The molecular formula is C16H25N3O2. The molecule has 0 aromatic carbocycles. The molecule has 5 nitrogen and oxygen atoms in total. The van der Waals surface area contributed by atoms with Crippen molar-refractivity contribution in [2.24, 2.45) is 0 Å². The number of hydrogen-bond donors (Lipinski definition) is 0. The predicted molar refractivity (Wildman–Crippen MR) is 80.1 cm³/mol. The van der Waals surface area contributed by atoms with E-state index in [0.29, 0.717) is 18.5 Å². The number of rotatable bonds is 3. The number of aromatic nitrogens is 1. The van der Waals surface area contributed by atoms with Gasteiger partial charge in [0.05, 0.1) is 12.1 Å². The molecule has 3 heterocycles. The van der Waals surface area contributed by atoms with Gasteiger partial charge in [0.2, 0.25) is 5.91 Å². The summed E-state index contributed by atoms with van der Waals surface area (Å²) in [5.74, 6) is 1.00. The summed E-state index contributed by atoms with van der Waals surface area (Å²) in [5.41, 5.74) is 1.81. The highest BCUT2D eigenvalue weighted by molar-refractivity contribution is 5.80. The van der Waals surface area contributed by atoms with Crippen LogP contribution in [0.1, 0.15) is 42.7 Å². The SMILES string of the molecule is Cc1noc(C)c1CC(=O)N1CCC[C@H]1[C@@H]1CCCN1C. The molecule has 1 aromatic heterocycles. The molecule has 0 spiro atoms. The monoisotopic (exact) mass is 291 g/mol. The fourth-order valence-electron chi connectivity index (χ4n) is 3.93. The van der Waals surface area contributed by atoms with E-state index in [4.69, 9.17) is 4.52 Å². The Morgan fingerprint density at radius 1 is 1.24 bits per heavy atom. The van der Waals surface area contributed by atoms with Crippen molar-refractivity contribution < 1.29 is 9.32 Å². The first-order valence-corrected chi connectivity index (χ1v) is 7.99. The lowest BCUT2D eigenvalue weighted by molar-refractivity contribution is -0.132. The summed E-state index contributed by atoms with van der Waals surface area (Å²) >= 11 is 0. The minimum Gasteiger partial charge on any atom is -0.361 e. The summed E-state index contributed by atoms with van der Waals surface area (Å²) in [6.45, 7) is 5.85. The molecule has 116 valence electrons. The molecule has 2 aliphatic heterocycles. The van der Waals surface area contributed by atoms with Crippen molar-refractivity contribution >= 4 is 5.91 Å². The van der Waals surface area contributed by atoms with Crippen LogP contribution in [0.25, 0.3) is 0 Å². The molecule has 0 unspecified atom stereocenters. The van der Waals surface area contributed by atoms with Crippen molar-refractivity contribution in [1.29, 1.82) is 0 Å². The predicted octanol–water partition coefficient (Wildman–Crippen LogP) is 1.92. The summed E-state index contributed by atoms with van der Waals surface area (Å²) in [6.07, 6.45) is 5.17. The topological polar surface area (TPSA) is 49.6 Å². The fraction of sp³-hybridized carbons (Fsp3) is 0.750. The lowest BCUT2D eigenvalue weighted by Crippen LogP contribution is -2.47. The molecule has 3 rings (SSSR count). The van der Waals surface area contributed by atoms with Gasteiger partial charge in [-0.25, -0.2) is 0 Å². The zero-order valence-electron chi connectivity index (χ0n) is 13.3. The molecular weight excluding hydrogens is 266 g/mol. The maximum atomic E-state index is 12.7. The molecule has 5 heteroatoms. The van der Waals surface area contributed by atoms with Gasteiger partial charge in [-0.3, -0.25) is 4.79 Å². The van der Waals surface area contributed by atoms with E-state index >= 15 is 0 Å². The molecule has 2 fully saturated rings. The van der Waals surface area contributed by atoms with Gasteiger partial charge in [0, 0.05) is 24.2 Å². The molecule has 0 bridgehead atoms. The highest BCUT2D eigenvalue weighted by atomic mass is 16.5. The number of nitrogens with zero attached hydrogens (tertiary/aromatic N) is 3. The van der Waals surface area contributed by atoms with Gasteiger partial charge < -0.3 is 14.3 Å². The average Bonchev–Trinajstić information content (AvgIpc) is 3.14. The van der Waals surface area contributed by atoms with Crippen molar-refractivity contribution in [1.82, 2.24) is 15.0 Å². The highest BCUT2D eigenvalue weighted by Crippen LogP contribution is 2.29. The second kappa shape index (κ2) is 5.79. The van der Waals surface area contributed by atoms with E-state index in [-0.39, 0.29) is 5.91 Å². The Kier molecular flexibility index (Phi) is 4.02. The minimum absolute atomic E-state index is 0.229. The Balaban J connectivity index is 1.71. The first-order chi connectivity index (χ1) is 10.1. The van der Waals surface area contributed by atoms with E-state index in [1.54, 1.807) is 0 Å². The van der Waals surface area contributed by atoms with E-state index < -0.39 is 0 Å². The minimum atomic E-state index is 0.229. The van der Waals surface area contributed by atoms with Gasteiger partial charge in [-0.15, -0.1) is 0 Å². The number of carbonyl (C=O) groups excluding carboxylic acids is 1. The van der Waals surface area contributed by atoms with Crippen LogP contribution < -0.4 is 0 Å². The Bertz CT molecular complexity index is 506. The quantitative estimate of drug-likeness (QED) is 0.853. The zero-order chi connectivity index (χ0) is 15.0. The largest absolute Gasteiger partial charge is 0.361 e. The van der Waals surface area contributed by atoms with Crippen molar-refractivity contribution in [3.8, 4) is 0 Å². The smallest absolute Gasteiger partial charge is 0.227 e. The maximum absolute atomic E-state index is 12.7. The van der Waals surface area contributed by atoms with Crippen LogP contribution in [0, 0.1) is 13.8 Å². The summed E-state index contributed by atoms with van der Waals surface area (Å²) in [7, 11) is 2.19. The van der Waals surface area contributed by atoms with Gasteiger partial charge >= 0.3 is 0 Å². The molecule has 0 aliphatic carbocycles. The Labute approximate surface area is 126 Å². The molecule has 0 radical (unpaired) electrons. The fourth-order valence-corrected chi connectivity index (χ4v) is 3.93. The van der Waals surface area contributed by atoms with Crippen LogP contribution in [0.4, 0.5) is 0 Å². The van der Waals surface area contributed by atoms with Gasteiger partial charge in [-0.1, -0.05) is 5.16 Å². The first-order valence-electron chi connectivity index (χ1n) is 7.99. The third-order valence-corrected chi connectivity index (χ3v) is 5.15. The summed E-state index contributed by atoms with van der Waals surface area (Å²) in [4.78, 5) is 17.3. The van der Waals surface area contributed by atoms with Gasteiger partial charge in [-0.05, 0) is 53.1 Å². The van der Waals surface area contributed by atoms with Crippen molar-refractivity contribution in [3.05, 3.63) is 17.0 Å². The van der Waals surface area contributed by atoms with Crippen LogP contribution in [-0.2, 0) is 11.2 Å². The van der Waals surface area contributed by atoms with E-state index in [9.17, 15) is 4.79 Å². The van der Waals surface area contributed by atoms with Crippen molar-refractivity contribution in [2.45, 2.75) is 58.0 Å². The Morgan fingerprint density at radius 3 is 2.57 bits per heavy atom. The third-order valence-electron chi connectivity index (χ3n) is 5.15. The average molecular weight is 291 g/mol. The number of likely N-dealkylation sites (N-methyl/N-ethyl adjacent to an activating group) is 1. The summed E-state index contributed by atoms with van der Waals surface area (Å²) in [5, 5.41) is 3.95. The molecule has 21 heavy (non-hydrogen) atoms. The van der Waals surface area contributed by atoms with E-state index in [2.05, 4.69) is 22.0 Å². The zero-order valence-corrected chi connectivity index (χ0v) is 13.3. The first kappa shape index (κ1) is 14.6. The number of likely N-dealkylation sites (tertiary alicyclic amines) is 2. The van der Waals surface area contributed by atoms with Crippen LogP contribution in [-0.4, -0.2) is 53.1 Å². The summed E-state index contributed by atoms with van der Waals surface area (Å²) in [6, 6.07) is 0.937. The van der Waals surface area contributed by atoms with Crippen LogP contribution in [0.2, 0.25) is 0 Å². The summed E-state index contributed by atoms with van der Waals surface area (Å²) < 4.78 is 5.17. The van der Waals surface area contributed by atoms with Crippen LogP contribution in [0.15, 0.2) is 4.52 Å². The standard InChI is InChI=1S/C16H25N3O2/c1-11-13(12(2)21-17-11)10-16(20)19-9-5-7-15(19)14-6-4-8-18(14)3/h14-15H,4-10H2,1-3H3/t14-,15-/m0/s1.